The molecule has 0 aliphatic heterocycles. The van der Waals surface area contributed by atoms with E-state index in [4.69, 9.17) is 0 Å². The molecule has 0 saturated heterocycles. The molecule has 1 saturated carbocycles. The molecule has 0 atom stereocenters. The van der Waals surface area contributed by atoms with E-state index in [9.17, 15) is 9.18 Å². The van der Waals surface area contributed by atoms with E-state index in [1.54, 1.807) is 6.07 Å². The molecular weight excluding hydrogens is 296 g/mol. The van der Waals surface area contributed by atoms with Gasteiger partial charge >= 0.3 is 0 Å². The average Bonchev–Trinajstić information content (AvgIpc) is 2.93. The highest BCUT2D eigenvalue weighted by atomic mass is 127. The summed E-state index contributed by atoms with van der Waals surface area (Å²) in [5.74, 6) is -0.390. The van der Waals surface area contributed by atoms with Crippen LogP contribution in [0.1, 0.15) is 23.2 Å². The van der Waals surface area contributed by atoms with Crippen molar-refractivity contribution < 1.29 is 9.18 Å². The normalized spacial score (nSPS) is 15.3. The Morgan fingerprint density at radius 1 is 1.50 bits per heavy atom. The van der Waals surface area contributed by atoms with E-state index >= 15 is 0 Å². The molecule has 14 heavy (non-hydrogen) atoms. The van der Waals surface area contributed by atoms with Crippen LogP contribution in [-0.2, 0) is 0 Å². The fourth-order valence-electron chi connectivity index (χ4n) is 1.13. The largest absolute Gasteiger partial charge is 0.349 e. The van der Waals surface area contributed by atoms with Gasteiger partial charge in [0.2, 0.25) is 0 Å². The van der Waals surface area contributed by atoms with Gasteiger partial charge in [0.05, 0.1) is 0 Å². The zero-order valence-electron chi connectivity index (χ0n) is 7.39. The first-order valence-corrected chi connectivity index (χ1v) is 5.50. The second-order valence-electron chi connectivity index (χ2n) is 3.38. The van der Waals surface area contributed by atoms with Gasteiger partial charge in [-0.05, 0) is 53.6 Å². The van der Waals surface area contributed by atoms with E-state index in [2.05, 4.69) is 5.32 Å². The molecule has 0 aromatic heterocycles. The Bertz CT molecular complexity index is 376. The molecule has 1 aliphatic rings. The molecular formula is C10H9FINO. The average molecular weight is 305 g/mol. The highest BCUT2D eigenvalue weighted by Gasteiger charge is 2.23. The maximum atomic E-state index is 12.9. The van der Waals surface area contributed by atoms with E-state index in [-0.39, 0.29) is 11.7 Å². The maximum absolute atomic E-state index is 12.9. The molecule has 1 amide bonds. The Labute approximate surface area is 95.0 Å². The first kappa shape index (κ1) is 9.89. The molecule has 1 aromatic rings. The zero-order valence-corrected chi connectivity index (χ0v) is 9.55. The molecule has 2 nitrogen and oxygen atoms in total. The van der Waals surface area contributed by atoms with Gasteiger partial charge in [0.15, 0.2) is 0 Å². The van der Waals surface area contributed by atoms with Crippen LogP contribution in [0.15, 0.2) is 18.2 Å². The molecule has 1 fully saturated rings. The van der Waals surface area contributed by atoms with Gasteiger partial charge in [0.1, 0.15) is 5.82 Å². The third kappa shape index (κ3) is 2.23. The summed E-state index contributed by atoms with van der Waals surface area (Å²) in [6.45, 7) is 0. The zero-order chi connectivity index (χ0) is 10.1. The van der Waals surface area contributed by atoms with Crippen LogP contribution in [0.3, 0.4) is 0 Å². The van der Waals surface area contributed by atoms with Gasteiger partial charge in [0.25, 0.3) is 5.91 Å². The Balaban J connectivity index is 2.14. The molecule has 0 radical (unpaired) electrons. The number of hydrogen-bond donors (Lipinski definition) is 1. The van der Waals surface area contributed by atoms with Crippen LogP contribution >= 0.6 is 22.6 Å². The number of hydrogen-bond acceptors (Lipinski definition) is 1. The lowest BCUT2D eigenvalue weighted by Crippen LogP contribution is -2.25. The molecule has 4 heteroatoms. The summed E-state index contributed by atoms with van der Waals surface area (Å²) in [5.41, 5.74) is 0.530. The molecule has 0 heterocycles. The van der Waals surface area contributed by atoms with Crippen LogP contribution < -0.4 is 5.32 Å². The minimum absolute atomic E-state index is 0.106. The van der Waals surface area contributed by atoms with Crippen molar-refractivity contribution in [2.75, 3.05) is 0 Å². The van der Waals surface area contributed by atoms with E-state index < -0.39 is 0 Å². The van der Waals surface area contributed by atoms with Gasteiger partial charge in [-0.2, -0.15) is 0 Å². The van der Waals surface area contributed by atoms with Crippen LogP contribution in [0.4, 0.5) is 4.39 Å². The van der Waals surface area contributed by atoms with E-state index in [0.717, 1.165) is 12.8 Å². The number of nitrogens with one attached hydrogen (secondary N) is 1. The third-order valence-corrected chi connectivity index (χ3v) is 2.92. The second-order valence-corrected chi connectivity index (χ2v) is 4.54. The summed E-state index contributed by atoms with van der Waals surface area (Å²) in [6.07, 6.45) is 2.12. The van der Waals surface area contributed by atoms with Crippen molar-refractivity contribution in [2.24, 2.45) is 0 Å². The van der Waals surface area contributed by atoms with Crippen molar-refractivity contribution in [3.63, 3.8) is 0 Å². The summed E-state index contributed by atoms with van der Waals surface area (Å²) in [5, 5.41) is 2.85. The summed E-state index contributed by atoms with van der Waals surface area (Å²) in [6, 6.07) is 4.73. The Morgan fingerprint density at radius 2 is 2.21 bits per heavy atom. The topological polar surface area (TPSA) is 29.1 Å². The van der Waals surface area contributed by atoms with E-state index in [1.807, 2.05) is 22.6 Å². The number of carbonyl (C=O) groups excluding carboxylic acids is 1. The molecule has 0 spiro atoms. The highest BCUT2D eigenvalue weighted by Crippen LogP contribution is 2.20. The van der Waals surface area contributed by atoms with Crippen LogP contribution in [-0.4, -0.2) is 11.9 Å². The summed E-state index contributed by atoms with van der Waals surface area (Å²) in [7, 11) is 0. The first-order valence-electron chi connectivity index (χ1n) is 4.43. The first-order chi connectivity index (χ1) is 6.66. The van der Waals surface area contributed by atoms with E-state index in [0.29, 0.717) is 15.2 Å². The Hall–Kier alpha value is -0.650. The molecule has 0 bridgehead atoms. The summed E-state index contributed by atoms with van der Waals surface area (Å²) < 4.78 is 13.4. The van der Waals surface area contributed by atoms with Crippen molar-refractivity contribution in [1.82, 2.24) is 5.32 Å². The predicted molar refractivity (Wildman–Crippen MR) is 59.6 cm³/mol. The van der Waals surface area contributed by atoms with Crippen molar-refractivity contribution >= 4 is 28.5 Å². The maximum Gasteiger partial charge on any atom is 0.251 e. The number of rotatable bonds is 2. The SMILES string of the molecule is O=C(NC1CC1)c1ccc(F)c(I)c1. The molecule has 0 unspecified atom stereocenters. The van der Waals surface area contributed by atoms with E-state index in [1.165, 1.54) is 12.1 Å². The number of amides is 1. The predicted octanol–water partition coefficient (Wildman–Crippen LogP) is 2.32. The van der Waals surface area contributed by atoms with Crippen LogP contribution in [0.25, 0.3) is 0 Å². The molecule has 1 N–H and O–H groups in total. The molecule has 1 aliphatic carbocycles. The fraction of sp³-hybridized carbons (Fsp3) is 0.300. The molecule has 2 rings (SSSR count). The second kappa shape index (κ2) is 3.84. The monoisotopic (exact) mass is 305 g/mol. The van der Waals surface area contributed by atoms with Gasteiger partial charge in [-0.25, -0.2) is 4.39 Å². The van der Waals surface area contributed by atoms with Gasteiger partial charge in [0, 0.05) is 15.2 Å². The van der Waals surface area contributed by atoms with Gasteiger partial charge < -0.3 is 5.32 Å². The van der Waals surface area contributed by atoms with Crippen molar-refractivity contribution in [2.45, 2.75) is 18.9 Å². The standard InChI is InChI=1S/C10H9FINO/c11-8-4-1-6(5-9(8)12)10(14)13-7-2-3-7/h1,4-5,7H,2-3H2,(H,13,14). The number of benzene rings is 1. The van der Waals surface area contributed by atoms with Gasteiger partial charge in [-0.15, -0.1) is 0 Å². The smallest absolute Gasteiger partial charge is 0.251 e. The summed E-state index contributed by atoms with van der Waals surface area (Å²) >= 11 is 1.88. The lowest BCUT2D eigenvalue weighted by atomic mass is 10.2. The number of carbonyl (C=O) groups is 1. The highest BCUT2D eigenvalue weighted by molar-refractivity contribution is 14.1. The fourth-order valence-corrected chi connectivity index (χ4v) is 1.65. The van der Waals surface area contributed by atoms with Crippen molar-refractivity contribution in [3.8, 4) is 0 Å². The Morgan fingerprint density at radius 3 is 2.79 bits per heavy atom. The minimum Gasteiger partial charge on any atom is -0.349 e. The lowest BCUT2D eigenvalue weighted by Gasteiger charge is -2.03. The summed E-state index contributed by atoms with van der Waals surface area (Å²) in [4.78, 5) is 11.5. The van der Waals surface area contributed by atoms with Crippen molar-refractivity contribution in [3.05, 3.63) is 33.1 Å². The van der Waals surface area contributed by atoms with Gasteiger partial charge in [-0.1, -0.05) is 0 Å². The minimum atomic E-state index is -0.284. The third-order valence-electron chi connectivity index (χ3n) is 2.09. The van der Waals surface area contributed by atoms with Gasteiger partial charge in [-0.3, -0.25) is 4.79 Å². The van der Waals surface area contributed by atoms with Crippen LogP contribution in [0.2, 0.25) is 0 Å². The van der Waals surface area contributed by atoms with Crippen LogP contribution in [0.5, 0.6) is 0 Å². The molecule has 74 valence electrons. The van der Waals surface area contributed by atoms with Crippen LogP contribution in [0, 0.1) is 9.39 Å². The number of halogens is 2. The lowest BCUT2D eigenvalue weighted by molar-refractivity contribution is 0.0951. The molecule has 1 aromatic carbocycles. The van der Waals surface area contributed by atoms with Crippen molar-refractivity contribution in [1.29, 1.82) is 0 Å². The quantitative estimate of drug-likeness (QED) is 0.835. The Kier molecular flexibility index (Phi) is 2.71.